The molecule has 0 bridgehead atoms. The smallest absolute Gasteiger partial charge is 0.389 e. The zero-order valence-electron chi connectivity index (χ0n) is 9.52. The molecule has 1 heterocycles. The summed E-state index contributed by atoms with van der Waals surface area (Å²) in [5.74, 6) is -0.0329. The van der Waals surface area contributed by atoms with Crippen molar-refractivity contribution in [3.8, 4) is 0 Å². The summed E-state index contributed by atoms with van der Waals surface area (Å²) in [5.41, 5.74) is -1.04. The average Bonchev–Trinajstić information content (AvgIpc) is 2.17. The predicted molar refractivity (Wildman–Crippen MR) is 54.1 cm³/mol. The van der Waals surface area contributed by atoms with Gasteiger partial charge in [0.15, 0.2) is 0 Å². The van der Waals surface area contributed by atoms with Gasteiger partial charge in [-0.15, -0.1) is 0 Å². The van der Waals surface area contributed by atoms with E-state index in [4.69, 9.17) is 4.74 Å². The molecule has 2 nitrogen and oxygen atoms in total. The van der Waals surface area contributed by atoms with Crippen molar-refractivity contribution >= 4 is 0 Å². The van der Waals surface area contributed by atoms with Crippen LogP contribution < -0.4 is 0 Å². The number of ether oxygens (including phenoxy) is 1. The molecule has 2 unspecified atom stereocenters. The summed E-state index contributed by atoms with van der Waals surface area (Å²) in [6.45, 7) is 2.76. The summed E-state index contributed by atoms with van der Waals surface area (Å²) >= 11 is 0. The average molecular weight is 240 g/mol. The van der Waals surface area contributed by atoms with Crippen LogP contribution in [0.3, 0.4) is 0 Å². The van der Waals surface area contributed by atoms with Crippen molar-refractivity contribution in [2.45, 2.75) is 50.8 Å². The van der Waals surface area contributed by atoms with E-state index in [1.165, 1.54) is 0 Å². The second kappa shape index (κ2) is 5.36. The Morgan fingerprint density at radius 2 is 2.00 bits per heavy atom. The first-order valence-corrected chi connectivity index (χ1v) is 5.68. The van der Waals surface area contributed by atoms with Crippen LogP contribution in [0, 0.1) is 5.92 Å². The summed E-state index contributed by atoms with van der Waals surface area (Å²) in [7, 11) is 0. The first-order valence-electron chi connectivity index (χ1n) is 5.68. The van der Waals surface area contributed by atoms with Crippen LogP contribution in [0.5, 0.6) is 0 Å². The lowest BCUT2D eigenvalue weighted by Gasteiger charge is -2.35. The van der Waals surface area contributed by atoms with Crippen LogP contribution in [0.1, 0.15) is 39.0 Å². The van der Waals surface area contributed by atoms with Gasteiger partial charge < -0.3 is 9.84 Å². The lowest BCUT2D eigenvalue weighted by atomic mass is 9.81. The van der Waals surface area contributed by atoms with Gasteiger partial charge in [-0.05, 0) is 32.6 Å². The Morgan fingerprint density at radius 1 is 1.31 bits per heavy atom. The van der Waals surface area contributed by atoms with Gasteiger partial charge in [0.25, 0.3) is 0 Å². The molecule has 0 amide bonds. The fourth-order valence-electron chi connectivity index (χ4n) is 2.08. The Bertz CT molecular complexity index is 208. The van der Waals surface area contributed by atoms with E-state index in [1.54, 1.807) is 6.92 Å². The van der Waals surface area contributed by atoms with Crippen LogP contribution in [-0.2, 0) is 4.74 Å². The van der Waals surface area contributed by atoms with Crippen molar-refractivity contribution < 1.29 is 23.0 Å². The molecule has 1 rings (SSSR count). The summed E-state index contributed by atoms with van der Waals surface area (Å²) in [6.07, 6.45) is -3.08. The molecule has 1 saturated heterocycles. The second-order valence-corrected chi connectivity index (χ2v) is 4.74. The Balaban J connectivity index is 2.32. The SMILES string of the molecule is CC(O)(CCCC(F)(F)F)C1CCCOC1. The first-order chi connectivity index (χ1) is 7.31. The van der Waals surface area contributed by atoms with E-state index < -0.39 is 18.2 Å². The summed E-state index contributed by atoms with van der Waals surface area (Å²) in [5, 5.41) is 10.1. The molecule has 0 spiro atoms. The molecule has 0 radical (unpaired) electrons. The van der Waals surface area contributed by atoms with Gasteiger partial charge in [0.05, 0.1) is 12.2 Å². The van der Waals surface area contributed by atoms with E-state index in [0.29, 0.717) is 13.2 Å². The molecule has 0 aromatic rings. The Hall–Kier alpha value is -0.290. The lowest BCUT2D eigenvalue weighted by molar-refractivity contribution is -0.140. The van der Waals surface area contributed by atoms with E-state index in [0.717, 1.165) is 12.8 Å². The number of aliphatic hydroxyl groups is 1. The van der Waals surface area contributed by atoms with E-state index in [-0.39, 0.29) is 18.8 Å². The molecule has 16 heavy (non-hydrogen) atoms. The maximum absolute atomic E-state index is 12.0. The van der Waals surface area contributed by atoms with E-state index in [2.05, 4.69) is 0 Å². The van der Waals surface area contributed by atoms with Gasteiger partial charge in [-0.3, -0.25) is 0 Å². The van der Waals surface area contributed by atoms with Gasteiger partial charge in [-0.25, -0.2) is 0 Å². The van der Waals surface area contributed by atoms with Crippen LogP contribution in [-0.4, -0.2) is 30.1 Å². The van der Waals surface area contributed by atoms with E-state index in [9.17, 15) is 18.3 Å². The van der Waals surface area contributed by atoms with Crippen molar-refractivity contribution in [2.75, 3.05) is 13.2 Å². The molecule has 0 aromatic carbocycles. The highest BCUT2D eigenvalue weighted by Crippen LogP contribution is 2.32. The van der Waals surface area contributed by atoms with E-state index >= 15 is 0 Å². The van der Waals surface area contributed by atoms with Gasteiger partial charge in [0.1, 0.15) is 0 Å². The minimum atomic E-state index is -4.13. The van der Waals surface area contributed by atoms with Crippen molar-refractivity contribution in [3.63, 3.8) is 0 Å². The number of rotatable bonds is 4. The fraction of sp³-hybridized carbons (Fsp3) is 1.00. The predicted octanol–water partition coefficient (Wildman–Crippen LogP) is 2.90. The maximum Gasteiger partial charge on any atom is 0.389 e. The molecular weight excluding hydrogens is 221 g/mol. The number of hydrogen-bond donors (Lipinski definition) is 1. The number of alkyl halides is 3. The highest BCUT2D eigenvalue weighted by Gasteiger charge is 2.35. The molecule has 0 saturated carbocycles. The molecule has 1 fully saturated rings. The Labute approximate surface area is 93.8 Å². The molecule has 5 heteroatoms. The van der Waals surface area contributed by atoms with Crippen LogP contribution in [0.2, 0.25) is 0 Å². The van der Waals surface area contributed by atoms with E-state index in [1.807, 2.05) is 0 Å². The van der Waals surface area contributed by atoms with Crippen molar-refractivity contribution in [1.29, 1.82) is 0 Å². The third-order valence-corrected chi connectivity index (χ3v) is 3.18. The number of hydrogen-bond acceptors (Lipinski definition) is 2. The zero-order chi connectivity index (χ0) is 12.2. The molecular formula is C11H19F3O2. The lowest BCUT2D eigenvalue weighted by Crippen LogP contribution is -2.39. The van der Waals surface area contributed by atoms with Crippen LogP contribution >= 0.6 is 0 Å². The third kappa shape index (κ3) is 4.70. The van der Waals surface area contributed by atoms with Crippen LogP contribution in [0.4, 0.5) is 13.2 Å². The highest BCUT2D eigenvalue weighted by molar-refractivity contribution is 4.83. The molecule has 2 atom stereocenters. The van der Waals surface area contributed by atoms with Gasteiger partial charge in [0, 0.05) is 18.9 Å². The van der Waals surface area contributed by atoms with Gasteiger partial charge in [-0.2, -0.15) is 13.2 Å². The Kier molecular flexibility index (Phi) is 4.62. The Morgan fingerprint density at radius 3 is 2.50 bits per heavy atom. The normalized spacial score (nSPS) is 26.4. The molecule has 0 aliphatic carbocycles. The maximum atomic E-state index is 12.0. The van der Waals surface area contributed by atoms with Crippen molar-refractivity contribution in [1.82, 2.24) is 0 Å². The summed E-state index contributed by atoms with van der Waals surface area (Å²) in [6, 6.07) is 0. The molecule has 96 valence electrons. The molecule has 1 aliphatic heterocycles. The minimum absolute atomic E-state index is 0.0208. The summed E-state index contributed by atoms with van der Waals surface area (Å²) in [4.78, 5) is 0. The first kappa shape index (κ1) is 13.8. The monoisotopic (exact) mass is 240 g/mol. The van der Waals surface area contributed by atoms with Crippen LogP contribution in [0.25, 0.3) is 0 Å². The molecule has 1 N–H and O–H groups in total. The molecule has 1 aliphatic rings. The standard InChI is InChI=1S/C11H19F3O2/c1-10(15,5-3-6-11(12,13)14)9-4-2-7-16-8-9/h9,15H,2-8H2,1H3. The largest absolute Gasteiger partial charge is 0.390 e. The fourth-order valence-corrected chi connectivity index (χ4v) is 2.08. The molecule has 0 aromatic heterocycles. The van der Waals surface area contributed by atoms with Gasteiger partial charge in [0.2, 0.25) is 0 Å². The van der Waals surface area contributed by atoms with Crippen molar-refractivity contribution in [3.05, 3.63) is 0 Å². The number of halogens is 3. The minimum Gasteiger partial charge on any atom is -0.390 e. The summed E-state index contributed by atoms with van der Waals surface area (Å²) < 4.78 is 41.1. The second-order valence-electron chi connectivity index (χ2n) is 4.74. The third-order valence-electron chi connectivity index (χ3n) is 3.18. The quantitative estimate of drug-likeness (QED) is 0.818. The van der Waals surface area contributed by atoms with Gasteiger partial charge in [-0.1, -0.05) is 0 Å². The zero-order valence-corrected chi connectivity index (χ0v) is 9.52. The van der Waals surface area contributed by atoms with Gasteiger partial charge >= 0.3 is 6.18 Å². The van der Waals surface area contributed by atoms with Crippen molar-refractivity contribution in [2.24, 2.45) is 5.92 Å². The topological polar surface area (TPSA) is 29.5 Å². The highest BCUT2D eigenvalue weighted by atomic mass is 19.4. The van der Waals surface area contributed by atoms with Crippen LogP contribution in [0.15, 0.2) is 0 Å².